The number of likely N-dealkylation sites (tertiary alicyclic amines) is 1. The van der Waals surface area contributed by atoms with E-state index in [1.165, 1.54) is 31.2 Å². The van der Waals surface area contributed by atoms with Gasteiger partial charge in [0.05, 0.1) is 6.61 Å². The first kappa shape index (κ1) is 25.4. The van der Waals surface area contributed by atoms with Crippen LogP contribution in [-0.4, -0.2) is 84.0 Å². The molecule has 0 aliphatic carbocycles. The lowest BCUT2D eigenvalue weighted by atomic mass is 10.2. The maximum absolute atomic E-state index is 11.3. The molecule has 0 radical (unpaired) electrons. The summed E-state index contributed by atoms with van der Waals surface area (Å²) in [6.45, 7) is 3.56. The molecule has 34 heavy (non-hydrogen) atoms. The first-order valence-electron chi connectivity index (χ1n) is 10.6. The number of hydrogen-bond donors (Lipinski definition) is 7. The first-order chi connectivity index (χ1) is 16.3. The lowest BCUT2D eigenvalue weighted by Crippen LogP contribution is -2.43. The van der Waals surface area contributed by atoms with Crippen molar-refractivity contribution in [2.24, 2.45) is 0 Å². The van der Waals surface area contributed by atoms with Gasteiger partial charge in [-0.05, 0) is 50.6 Å². The number of carbonyl (C=O) groups excluding carboxylic acids is 1. The lowest BCUT2D eigenvalue weighted by Gasteiger charge is -2.23. The molecule has 2 aromatic rings. The third kappa shape index (κ3) is 7.65. The number of hydrogen-bond acceptors (Lipinski definition) is 13. The molecule has 7 N–H and O–H groups in total. The van der Waals surface area contributed by atoms with Crippen molar-refractivity contribution in [2.75, 3.05) is 36.9 Å². The van der Waals surface area contributed by atoms with Gasteiger partial charge in [0, 0.05) is 24.5 Å². The molecule has 2 heterocycles. The minimum Gasteiger partial charge on any atom is -0.489 e. The second-order valence-corrected chi connectivity index (χ2v) is 7.70. The Balaban J connectivity index is 1.61. The molecule has 14 nitrogen and oxygen atoms in total. The van der Waals surface area contributed by atoms with Crippen molar-refractivity contribution in [2.45, 2.75) is 31.6 Å². The number of nitrogens with zero attached hydrogens (tertiary/aromatic N) is 4. The number of hydroxylamine groups is 2. The zero-order chi connectivity index (χ0) is 24.6. The van der Waals surface area contributed by atoms with Crippen molar-refractivity contribution in [1.29, 1.82) is 0 Å². The van der Waals surface area contributed by atoms with E-state index in [0.29, 0.717) is 18.0 Å². The Morgan fingerprint density at radius 1 is 1.18 bits per heavy atom. The molecule has 0 spiro atoms. The highest BCUT2D eigenvalue weighted by atomic mass is 17.1. The lowest BCUT2D eigenvalue weighted by molar-refractivity contribution is -0.290. The number of carbonyl (C=O) groups is 1. The van der Waals surface area contributed by atoms with Gasteiger partial charge in [-0.3, -0.25) is 15.2 Å². The molecule has 1 fully saturated rings. The molecule has 1 aliphatic rings. The fourth-order valence-electron chi connectivity index (χ4n) is 3.40. The number of benzene rings is 1. The summed E-state index contributed by atoms with van der Waals surface area (Å²) in [5, 5.41) is 50.5. The van der Waals surface area contributed by atoms with Crippen LogP contribution in [0.1, 0.15) is 25.7 Å². The van der Waals surface area contributed by atoms with Crippen LogP contribution in [0, 0.1) is 0 Å². The van der Waals surface area contributed by atoms with E-state index in [1.54, 1.807) is 12.1 Å². The van der Waals surface area contributed by atoms with Crippen LogP contribution in [-0.2, 0) is 4.79 Å². The molecular formula is C20H28N6O8. The highest BCUT2D eigenvalue weighted by Gasteiger charge is 2.29. The Morgan fingerprint density at radius 3 is 2.65 bits per heavy atom. The van der Waals surface area contributed by atoms with Crippen LogP contribution in [0.15, 0.2) is 30.5 Å². The summed E-state index contributed by atoms with van der Waals surface area (Å²) >= 11 is 0. The van der Waals surface area contributed by atoms with Gasteiger partial charge in [0.1, 0.15) is 12.2 Å². The summed E-state index contributed by atoms with van der Waals surface area (Å²) in [7, 11) is 0. The molecule has 14 heteroatoms. The number of anilines is 3. The average Bonchev–Trinajstić information content (AvgIpc) is 3.30. The number of rotatable bonds is 12. The van der Waals surface area contributed by atoms with E-state index in [1.807, 2.05) is 0 Å². The van der Waals surface area contributed by atoms with E-state index >= 15 is 0 Å². The van der Waals surface area contributed by atoms with Crippen LogP contribution >= 0.6 is 0 Å². The maximum Gasteiger partial charge on any atom is 0.280 e. The Kier molecular flexibility index (Phi) is 8.75. The predicted octanol–water partition coefficient (Wildman–Crippen LogP) is 0.984. The van der Waals surface area contributed by atoms with E-state index in [2.05, 4.69) is 30.4 Å². The smallest absolute Gasteiger partial charge is 0.280 e. The van der Waals surface area contributed by atoms with Gasteiger partial charge < -0.3 is 35.4 Å². The quantitative estimate of drug-likeness (QED) is 0.0748. The number of aromatic nitrogens is 2. The molecule has 0 atom stereocenters. The van der Waals surface area contributed by atoms with Gasteiger partial charge in [-0.1, -0.05) is 5.23 Å². The van der Waals surface area contributed by atoms with E-state index in [0.717, 1.165) is 26.1 Å². The Hall–Kier alpha value is -3.27. The van der Waals surface area contributed by atoms with E-state index in [9.17, 15) is 15.0 Å². The molecule has 0 unspecified atom stereocenters. The molecule has 0 saturated carbocycles. The van der Waals surface area contributed by atoms with Gasteiger partial charge in [0.15, 0.2) is 5.75 Å². The Morgan fingerprint density at radius 2 is 1.94 bits per heavy atom. The minimum atomic E-state index is -2.80. The van der Waals surface area contributed by atoms with E-state index in [4.69, 9.17) is 20.4 Å². The topological polar surface area (TPSA) is 193 Å². The standard InChI is InChI=1S/C20H28N6O8/c27-18(26(30)31)13-20(28,29)24-17-6-7-21-19(23-17)22-14-4-5-15(34-32)16(12-14)33-11-3-10-25-8-1-2-9-25/h4-7,12,28-32H,1-3,8-11,13H2,(H2,21,22,23,24). The molecule has 1 aliphatic heterocycles. The molecule has 1 amide bonds. The van der Waals surface area contributed by atoms with E-state index in [-0.39, 0.29) is 17.5 Å². The summed E-state index contributed by atoms with van der Waals surface area (Å²) in [4.78, 5) is 26.1. The van der Waals surface area contributed by atoms with Crippen LogP contribution < -0.4 is 20.3 Å². The number of aliphatic hydroxyl groups is 2. The van der Waals surface area contributed by atoms with Gasteiger partial charge in [0.2, 0.25) is 11.7 Å². The van der Waals surface area contributed by atoms with Gasteiger partial charge in [-0.15, -0.1) is 0 Å². The first-order valence-corrected chi connectivity index (χ1v) is 10.6. The third-order valence-corrected chi connectivity index (χ3v) is 4.98. The van der Waals surface area contributed by atoms with Crippen molar-refractivity contribution < 1.29 is 40.3 Å². The predicted molar refractivity (Wildman–Crippen MR) is 117 cm³/mol. The molecule has 186 valence electrons. The van der Waals surface area contributed by atoms with Crippen molar-refractivity contribution in [3.8, 4) is 11.5 Å². The fourth-order valence-corrected chi connectivity index (χ4v) is 3.40. The van der Waals surface area contributed by atoms with Crippen LogP contribution in [0.2, 0.25) is 0 Å². The van der Waals surface area contributed by atoms with Crippen molar-refractivity contribution in [1.82, 2.24) is 20.1 Å². The second-order valence-electron chi connectivity index (χ2n) is 7.70. The fraction of sp³-hybridized carbons (Fsp3) is 0.450. The number of ether oxygens (including phenoxy) is 1. The molecule has 1 aromatic carbocycles. The average molecular weight is 480 g/mol. The zero-order valence-electron chi connectivity index (χ0n) is 18.3. The van der Waals surface area contributed by atoms with Gasteiger partial charge in [-0.25, -0.2) is 10.2 Å². The molecule has 0 bridgehead atoms. The molecule has 1 saturated heterocycles. The van der Waals surface area contributed by atoms with Crippen LogP contribution in [0.5, 0.6) is 11.5 Å². The largest absolute Gasteiger partial charge is 0.489 e. The summed E-state index contributed by atoms with van der Waals surface area (Å²) in [6, 6.07) is 5.98. The zero-order valence-corrected chi connectivity index (χ0v) is 18.3. The van der Waals surface area contributed by atoms with Crippen LogP contribution in [0.3, 0.4) is 0 Å². The van der Waals surface area contributed by atoms with Crippen molar-refractivity contribution in [3.05, 3.63) is 30.5 Å². The molecule has 3 rings (SSSR count). The summed E-state index contributed by atoms with van der Waals surface area (Å²) in [6.07, 6.45) is 3.51. The van der Waals surface area contributed by atoms with Crippen molar-refractivity contribution >= 4 is 23.4 Å². The third-order valence-electron chi connectivity index (χ3n) is 4.98. The normalized spacial score (nSPS) is 14.0. The Labute approximate surface area is 194 Å². The van der Waals surface area contributed by atoms with Gasteiger partial charge in [0.25, 0.3) is 11.8 Å². The summed E-state index contributed by atoms with van der Waals surface area (Å²) in [5.74, 6) is -3.71. The van der Waals surface area contributed by atoms with Gasteiger partial charge in [-0.2, -0.15) is 4.98 Å². The van der Waals surface area contributed by atoms with Crippen LogP contribution in [0.25, 0.3) is 0 Å². The SMILES string of the molecule is O=C(CC(O)(O)Nc1ccnc(Nc2ccc(OO)c(OCCCN3CCCC3)c2)n1)N(O)O. The van der Waals surface area contributed by atoms with Gasteiger partial charge >= 0.3 is 0 Å². The molecule has 1 aromatic heterocycles. The highest BCUT2D eigenvalue weighted by Crippen LogP contribution is 2.31. The molecular weight excluding hydrogens is 452 g/mol. The van der Waals surface area contributed by atoms with Crippen LogP contribution in [0.4, 0.5) is 17.5 Å². The summed E-state index contributed by atoms with van der Waals surface area (Å²) < 4.78 is 5.76. The minimum absolute atomic E-state index is 0.0635. The number of nitrogens with one attached hydrogen (secondary N) is 2. The second kappa shape index (κ2) is 11.7. The Bertz CT molecular complexity index is 954. The maximum atomic E-state index is 11.3. The monoisotopic (exact) mass is 480 g/mol. The highest BCUT2D eigenvalue weighted by molar-refractivity contribution is 5.75. The number of amides is 1. The van der Waals surface area contributed by atoms with E-state index < -0.39 is 23.5 Å². The summed E-state index contributed by atoms with van der Waals surface area (Å²) in [5.41, 5.74) is 0.498. The van der Waals surface area contributed by atoms with Crippen molar-refractivity contribution in [3.63, 3.8) is 0 Å².